The molecule has 10 nitrogen and oxygen atoms in total. The SMILES string of the molecule is CCC(C)(CCNC(=O)CCN1C(=O)C=CC1=O)OCC(C)(CC)C(=O)NCCC(=O)N1Cc2ccccc2/C=C\c2ccccc21. The van der Waals surface area contributed by atoms with E-state index in [-0.39, 0.29) is 50.3 Å². The molecule has 0 fully saturated rings. The number of benzene rings is 2. The van der Waals surface area contributed by atoms with E-state index in [2.05, 4.69) is 16.7 Å². The van der Waals surface area contributed by atoms with Gasteiger partial charge in [-0.25, -0.2) is 0 Å². The molecule has 10 heteroatoms. The minimum Gasteiger partial charge on any atom is -0.374 e. The average Bonchev–Trinajstić information content (AvgIpc) is 3.39. The van der Waals surface area contributed by atoms with E-state index in [1.165, 1.54) is 12.2 Å². The predicted octanol–water partition coefficient (Wildman–Crippen LogP) is 4.63. The number of ether oxygens (including phenoxy) is 1. The van der Waals surface area contributed by atoms with E-state index >= 15 is 0 Å². The smallest absolute Gasteiger partial charge is 0.253 e. The van der Waals surface area contributed by atoms with Gasteiger partial charge >= 0.3 is 0 Å². The van der Waals surface area contributed by atoms with E-state index in [0.29, 0.717) is 32.4 Å². The Morgan fingerprint density at radius 3 is 2.17 bits per heavy atom. The molecule has 5 amide bonds. The van der Waals surface area contributed by atoms with Gasteiger partial charge in [-0.1, -0.05) is 68.5 Å². The van der Waals surface area contributed by atoms with Crippen LogP contribution in [0.25, 0.3) is 12.2 Å². The normalized spacial score (nSPS) is 17.1. The zero-order chi connectivity index (χ0) is 34.0. The Kier molecular flexibility index (Phi) is 11.9. The van der Waals surface area contributed by atoms with Crippen molar-refractivity contribution in [1.82, 2.24) is 15.5 Å². The molecule has 0 aromatic heterocycles. The van der Waals surface area contributed by atoms with Crippen molar-refractivity contribution < 1.29 is 28.7 Å². The molecule has 2 aliphatic rings. The van der Waals surface area contributed by atoms with Crippen molar-refractivity contribution >= 4 is 47.4 Å². The van der Waals surface area contributed by atoms with E-state index < -0.39 is 22.8 Å². The summed E-state index contributed by atoms with van der Waals surface area (Å²) in [6, 6.07) is 15.8. The highest BCUT2D eigenvalue weighted by Gasteiger charge is 2.35. The van der Waals surface area contributed by atoms with Crippen molar-refractivity contribution in [1.29, 1.82) is 0 Å². The maximum absolute atomic E-state index is 13.6. The lowest BCUT2D eigenvalue weighted by Gasteiger charge is -2.35. The Labute approximate surface area is 277 Å². The van der Waals surface area contributed by atoms with Gasteiger partial charge in [0.25, 0.3) is 11.8 Å². The van der Waals surface area contributed by atoms with Crippen LogP contribution in [0.3, 0.4) is 0 Å². The number of hydrogen-bond acceptors (Lipinski definition) is 6. The highest BCUT2D eigenvalue weighted by molar-refractivity contribution is 6.13. The Morgan fingerprint density at radius 2 is 1.47 bits per heavy atom. The standard InChI is InChI=1S/C37H46N4O6/c1-5-36(3,26-47-37(4,6-2)21-23-38-31(42)20-24-40-32(43)17-18-33(40)44)35(46)39-22-19-34(45)41-25-29-13-8-7-11-27(29)15-16-28-12-9-10-14-30(28)41/h7-18H,5-6,19-26H2,1-4H3,(H,38,42)(H,39,46)/b16-15-. The van der Waals surface area contributed by atoms with E-state index in [0.717, 1.165) is 27.3 Å². The fourth-order valence-corrected chi connectivity index (χ4v) is 5.44. The lowest BCUT2D eigenvalue weighted by molar-refractivity contribution is -0.140. The summed E-state index contributed by atoms with van der Waals surface area (Å²) < 4.78 is 6.33. The molecule has 2 aromatic carbocycles. The summed E-state index contributed by atoms with van der Waals surface area (Å²) in [6.07, 6.45) is 8.38. The first-order valence-electron chi connectivity index (χ1n) is 16.4. The number of para-hydroxylation sites is 1. The molecule has 2 aliphatic heterocycles. The van der Waals surface area contributed by atoms with Gasteiger partial charge in [0.1, 0.15) is 0 Å². The van der Waals surface area contributed by atoms with Gasteiger partial charge in [-0.2, -0.15) is 0 Å². The Balaban J connectivity index is 1.26. The van der Waals surface area contributed by atoms with Crippen LogP contribution in [0, 0.1) is 5.41 Å². The summed E-state index contributed by atoms with van der Waals surface area (Å²) in [4.78, 5) is 65.5. The number of imide groups is 1. The summed E-state index contributed by atoms with van der Waals surface area (Å²) in [7, 11) is 0. The van der Waals surface area contributed by atoms with Crippen molar-refractivity contribution in [3.63, 3.8) is 0 Å². The topological polar surface area (TPSA) is 125 Å². The van der Waals surface area contributed by atoms with E-state index in [1.54, 1.807) is 4.90 Å². The quantitative estimate of drug-likeness (QED) is 0.273. The van der Waals surface area contributed by atoms with Crippen LogP contribution in [0.1, 0.15) is 76.5 Å². The third kappa shape index (κ3) is 9.04. The molecule has 0 aliphatic carbocycles. The number of amides is 5. The highest BCUT2D eigenvalue weighted by atomic mass is 16.5. The Bertz CT molecular complexity index is 1530. The van der Waals surface area contributed by atoms with Crippen molar-refractivity contribution in [2.75, 3.05) is 31.1 Å². The summed E-state index contributed by atoms with van der Waals surface area (Å²) in [5, 5.41) is 5.81. The van der Waals surface area contributed by atoms with Gasteiger partial charge < -0.3 is 20.3 Å². The molecular formula is C37H46N4O6. The van der Waals surface area contributed by atoms with Crippen LogP contribution in [0.4, 0.5) is 5.69 Å². The number of nitrogens with zero attached hydrogens (tertiary/aromatic N) is 2. The molecule has 250 valence electrons. The minimum atomic E-state index is -0.817. The number of hydrogen-bond donors (Lipinski definition) is 2. The fourth-order valence-electron chi connectivity index (χ4n) is 5.44. The molecule has 0 radical (unpaired) electrons. The molecule has 2 atom stereocenters. The summed E-state index contributed by atoms with van der Waals surface area (Å²) >= 11 is 0. The third-order valence-corrected chi connectivity index (χ3v) is 9.23. The molecule has 0 bridgehead atoms. The molecular weight excluding hydrogens is 596 g/mol. The van der Waals surface area contributed by atoms with Crippen molar-refractivity contribution in [2.45, 2.75) is 71.9 Å². The van der Waals surface area contributed by atoms with Crippen LogP contribution in [0.5, 0.6) is 0 Å². The van der Waals surface area contributed by atoms with Crippen molar-refractivity contribution in [3.8, 4) is 0 Å². The van der Waals surface area contributed by atoms with Gasteiger partial charge in [0.2, 0.25) is 17.7 Å². The monoisotopic (exact) mass is 642 g/mol. The van der Waals surface area contributed by atoms with E-state index in [4.69, 9.17) is 4.74 Å². The predicted molar refractivity (Wildman–Crippen MR) is 182 cm³/mol. The second-order valence-corrected chi connectivity index (χ2v) is 12.6. The van der Waals surface area contributed by atoms with Gasteiger partial charge in [0, 0.05) is 44.6 Å². The van der Waals surface area contributed by atoms with Gasteiger partial charge in [-0.3, -0.25) is 28.9 Å². The molecule has 0 saturated heterocycles. The Hall–Kier alpha value is -4.57. The summed E-state index contributed by atoms with van der Waals surface area (Å²) in [5.41, 5.74) is 2.51. The van der Waals surface area contributed by atoms with Crippen LogP contribution in [-0.2, 0) is 35.3 Å². The summed E-state index contributed by atoms with van der Waals surface area (Å²) in [5.74, 6) is -1.34. The molecule has 47 heavy (non-hydrogen) atoms. The maximum atomic E-state index is 13.6. The van der Waals surface area contributed by atoms with E-state index in [1.807, 2.05) is 82.3 Å². The number of anilines is 1. The lowest BCUT2D eigenvalue weighted by atomic mass is 9.86. The zero-order valence-corrected chi connectivity index (χ0v) is 27.8. The number of carbonyl (C=O) groups excluding carboxylic acids is 5. The largest absolute Gasteiger partial charge is 0.374 e. The number of carbonyl (C=O) groups is 5. The van der Waals surface area contributed by atoms with Crippen molar-refractivity contribution in [3.05, 3.63) is 77.4 Å². The Morgan fingerprint density at radius 1 is 0.809 bits per heavy atom. The lowest BCUT2D eigenvalue weighted by Crippen LogP contribution is -2.46. The second-order valence-electron chi connectivity index (χ2n) is 12.6. The second kappa shape index (κ2) is 15.8. The first kappa shape index (κ1) is 35.3. The average molecular weight is 643 g/mol. The van der Waals surface area contributed by atoms with E-state index in [9.17, 15) is 24.0 Å². The number of fused-ring (bicyclic) bond motifs is 2. The minimum absolute atomic E-state index is 0.0219. The molecule has 4 rings (SSSR count). The van der Waals surface area contributed by atoms with Crippen molar-refractivity contribution in [2.24, 2.45) is 5.41 Å². The van der Waals surface area contributed by atoms with Crippen LogP contribution in [-0.4, -0.2) is 66.3 Å². The maximum Gasteiger partial charge on any atom is 0.253 e. The van der Waals surface area contributed by atoms with Gasteiger partial charge in [0.05, 0.1) is 29.9 Å². The first-order chi connectivity index (χ1) is 22.5. The van der Waals surface area contributed by atoms with Crippen LogP contribution in [0.15, 0.2) is 60.7 Å². The number of rotatable bonds is 15. The number of nitrogens with one attached hydrogen (secondary N) is 2. The third-order valence-electron chi connectivity index (χ3n) is 9.23. The zero-order valence-electron chi connectivity index (χ0n) is 27.8. The first-order valence-corrected chi connectivity index (χ1v) is 16.4. The molecule has 2 aromatic rings. The molecule has 0 saturated carbocycles. The van der Waals surface area contributed by atoms with Gasteiger partial charge in [-0.15, -0.1) is 0 Å². The van der Waals surface area contributed by atoms with Gasteiger partial charge in [0.15, 0.2) is 0 Å². The molecule has 2 N–H and O–H groups in total. The summed E-state index contributed by atoms with van der Waals surface area (Å²) in [6.45, 7) is 8.93. The van der Waals surface area contributed by atoms with Crippen LogP contribution in [0.2, 0.25) is 0 Å². The molecule has 0 spiro atoms. The fraction of sp³-hybridized carbons (Fsp3) is 0.432. The van der Waals surface area contributed by atoms with Gasteiger partial charge in [-0.05, 0) is 55.9 Å². The van der Waals surface area contributed by atoms with Crippen LogP contribution < -0.4 is 15.5 Å². The van der Waals surface area contributed by atoms with Crippen LogP contribution >= 0.6 is 0 Å². The highest BCUT2D eigenvalue weighted by Crippen LogP contribution is 2.30. The molecule has 2 unspecified atom stereocenters. The molecule has 2 heterocycles.